The van der Waals surface area contributed by atoms with Crippen molar-refractivity contribution in [1.29, 1.82) is 0 Å². The predicted molar refractivity (Wildman–Crippen MR) is 116 cm³/mol. The average Bonchev–Trinajstić information content (AvgIpc) is 2.76. The monoisotopic (exact) mass is 496 g/mol. The number of aromatic nitrogens is 4. The number of fused-ring (bicyclic) bond motifs is 1. The number of amides is 1. The molecular formula is C20H21CoN8O4-. The first-order valence-electron chi connectivity index (χ1n) is 9.53. The van der Waals surface area contributed by atoms with Crippen molar-refractivity contribution in [2.45, 2.75) is 25.4 Å². The number of rotatable bonds is 9. The van der Waals surface area contributed by atoms with Gasteiger partial charge in [0.2, 0.25) is 5.95 Å². The number of hydrogen-bond donors (Lipinski definition) is 4. The summed E-state index contributed by atoms with van der Waals surface area (Å²) >= 11 is 0. The van der Waals surface area contributed by atoms with Crippen LogP contribution in [0.1, 0.15) is 28.9 Å². The molecule has 1 unspecified atom stereocenters. The molecule has 0 aliphatic rings. The summed E-state index contributed by atoms with van der Waals surface area (Å²) in [7, 11) is 1.83. The van der Waals surface area contributed by atoms with Crippen LogP contribution in [-0.2, 0) is 32.9 Å². The quantitative estimate of drug-likeness (QED) is 0.298. The number of nitrogens with one attached hydrogen (secondary N) is 1. The van der Waals surface area contributed by atoms with Crippen LogP contribution in [0.5, 0.6) is 0 Å². The first-order valence-corrected chi connectivity index (χ1v) is 9.53. The SMILES string of the molecule is CN(Cc1cnc2nc(N)nc(N)c2n1)c1ccc(C(=O)NC(CC[C-]=O)C(=O)O)cc1.[Co]. The molecule has 3 rings (SSSR count). The van der Waals surface area contributed by atoms with Crippen LogP contribution >= 0.6 is 0 Å². The van der Waals surface area contributed by atoms with Gasteiger partial charge < -0.3 is 31.6 Å². The van der Waals surface area contributed by atoms with E-state index in [0.717, 1.165) is 5.69 Å². The summed E-state index contributed by atoms with van der Waals surface area (Å²) in [4.78, 5) is 52.3. The molecule has 175 valence electrons. The van der Waals surface area contributed by atoms with Crippen molar-refractivity contribution < 1.29 is 36.3 Å². The first-order chi connectivity index (χ1) is 15.3. The van der Waals surface area contributed by atoms with E-state index < -0.39 is 17.9 Å². The van der Waals surface area contributed by atoms with E-state index in [1.807, 2.05) is 11.9 Å². The molecule has 1 amide bonds. The van der Waals surface area contributed by atoms with Gasteiger partial charge in [-0.2, -0.15) is 9.97 Å². The molecule has 2 aromatic heterocycles. The van der Waals surface area contributed by atoms with Crippen molar-refractivity contribution in [3.63, 3.8) is 0 Å². The van der Waals surface area contributed by atoms with E-state index in [4.69, 9.17) is 16.6 Å². The number of carboxylic acids is 1. The number of nitrogen functional groups attached to an aromatic ring is 2. The van der Waals surface area contributed by atoms with Crippen molar-refractivity contribution in [1.82, 2.24) is 25.3 Å². The maximum atomic E-state index is 12.3. The number of carbonyl (C=O) groups excluding carboxylic acids is 2. The minimum Gasteiger partial charge on any atom is -0.542 e. The maximum absolute atomic E-state index is 12.3. The minimum atomic E-state index is -1.21. The van der Waals surface area contributed by atoms with Crippen LogP contribution in [0.15, 0.2) is 30.5 Å². The van der Waals surface area contributed by atoms with Gasteiger partial charge in [-0.15, -0.1) is 6.42 Å². The van der Waals surface area contributed by atoms with Gasteiger partial charge in [-0.3, -0.25) is 11.1 Å². The third-order valence-electron chi connectivity index (χ3n) is 4.61. The molecule has 0 spiro atoms. The van der Waals surface area contributed by atoms with E-state index in [-0.39, 0.29) is 47.0 Å². The van der Waals surface area contributed by atoms with Crippen molar-refractivity contribution in [3.8, 4) is 0 Å². The topological polar surface area (TPSA) is 190 Å². The minimum absolute atomic E-state index is 0. The van der Waals surface area contributed by atoms with E-state index >= 15 is 0 Å². The van der Waals surface area contributed by atoms with Gasteiger partial charge in [0.25, 0.3) is 5.91 Å². The summed E-state index contributed by atoms with van der Waals surface area (Å²) < 4.78 is 0. The molecule has 0 saturated heterocycles. The average molecular weight is 496 g/mol. The number of carboxylic acid groups (broad SMARTS) is 1. The Morgan fingerprint density at radius 3 is 2.52 bits per heavy atom. The van der Waals surface area contributed by atoms with Crippen molar-refractivity contribution in [2.24, 2.45) is 0 Å². The Hall–Kier alpha value is -3.84. The zero-order chi connectivity index (χ0) is 23.3. The number of aliphatic carboxylic acids is 1. The van der Waals surface area contributed by atoms with E-state index in [9.17, 15) is 14.4 Å². The number of hydrogen-bond acceptors (Lipinski definition) is 10. The Balaban J connectivity index is 0.00000385. The normalized spacial score (nSPS) is 11.3. The van der Waals surface area contributed by atoms with Gasteiger partial charge in [-0.1, -0.05) is 0 Å². The Bertz CT molecular complexity index is 1160. The molecule has 0 aliphatic heterocycles. The molecule has 13 heteroatoms. The summed E-state index contributed by atoms with van der Waals surface area (Å²) in [6, 6.07) is 5.43. The predicted octanol–water partition coefficient (Wildman–Crippen LogP) is 0.291. The number of nitrogens with two attached hydrogens (primary N) is 2. The second kappa shape index (κ2) is 11.1. The molecule has 1 radical (unpaired) electrons. The van der Waals surface area contributed by atoms with E-state index in [1.165, 1.54) is 0 Å². The second-order valence-electron chi connectivity index (χ2n) is 6.95. The Morgan fingerprint density at radius 2 is 1.88 bits per heavy atom. The van der Waals surface area contributed by atoms with Crippen LogP contribution in [0.2, 0.25) is 0 Å². The maximum Gasteiger partial charge on any atom is 0.326 e. The number of benzene rings is 1. The Labute approximate surface area is 199 Å². The molecule has 2 heterocycles. The molecule has 6 N–H and O–H groups in total. The Kier molecular flexibility index (Phi) is 8.59. The molecule has 3 aromatic rings. The smallest absolute Gasteiger partial charge is 0.326 e. The van der Waals surface area contributed by atoms with Gasteiger partial charge in [0.1, 0.15) is 6.04 Å². The zero-order valence-corrected chi connectivity index (χ0v) is 18.5. The standard InChI is InChI=1S/C20H21N8O4.Co/c1-28(10-12-9-23-17-15(24-12)16(21)26-20(22)27-17)13-6-4-11(5-7-13)18(30)25-14(19(31)32)3-2-8-29;/h4-7,9,14H,2-3,10H2,1H3,(H,25,30)(H,31,32)(H4,21,22,23,26,27);/q-1;. The molecule has 0 aliphatic carbocycles. The van der Waals surface area contributed by atoms with E-state index in [2.05, 4.69) is 25.3 Å². The van der Waals surface area contributed by atoms with E-state index in [1.54, 1.807) is 36.7 Å². The van der Waals surface area contributed by atoms with Gasteiger partial charge in [0.15, 0.2) is 17.0 Å². The molecule has 0 bridgehead atoms. The largest absolute Gasteiger partial charge is 0.542 e. The van der Waals surface area contributed by atoms with Crippen molar-refractivity contribution >= 4 is 46.8 Å². The molecule has 0 fully saturated rings. The van der Waals surface area contributed by atoms with Crippen LogP contribution in [0.3, 0.4) is 0 Å². The summed E-state index contributed by atoms with van der Waals surface area (Å²) in [6.45, 7) is 0.390. The van der Waals surface area contributed by atoms with Gasteiger partial charge in [-0.05, 0) is 30.7 Å². The molecule has 12 nitrogen and oxygen atoms in total. The number of nitrogens with zero attached hydrogens (tertiary/aromatic N) is 5. The second-order valence-corrected chi connectivity index (χ2v) is 6.95. The summed E-state index contributed by atoms with van der Waals surface area (Å²) in [5, 5.41) is 11.6. The fraction of sp³-hybridized carbons (Fsp3) is 0.250. The van der Waals surface area contributed by atoms with Crippen LogP contribution < -0.4 is 21.7 Å². The van der Waals surface area contributed by atoms with Gasteiger partial charge >= 0.3 is 5.97 Å². The van der Waals surface area contributed by atoms with Gasteiger partial charge in [-0.25, -0.2) is 14.8 Å². The molecule has 33 heavy (non-hydrogen) atoms. The first kappa shape index (κ1) is 25.4. The molecule has 1 aromatic carbocycles. The summed E-state index contributed by atoms with van der Waals surface area (Å²) in [5.74, 6) is -1.59. The Morgan fingerprint density at radius 1 is 1.18 bits per heavy atom. The van der Waals surface area contributed by atoms with Crippen LogP contribution in [-0.4, -0.2) is 56.3 Å². The number of anilines is 3. The fourth-order valence-corrected chi connectivity index (χ4v) is 2.96. The third-order valence-corrected chi connectivity index (χ3v) is 4.61. The van der Waals surface area contributed by atoms with Gasteiger partial charge in [0.05, 0.1) is 18.4 Å². The molecule has 0 saturated carbocycles. The number of carbonyl (C=O) groups is 2. The van der Waals surface area contributed by atoms with Crippen LogP contribution in [0.25, 0.3) is 11.2 Å². The fourth-order valence-electron chi connectivity index (χ4n) is 2.96. The van der Waals surface area contributed by atoms with Crippen LogP contribution in [0, 0.1) is 0 Å². The zero-order valence-electron chi connectivity index (χ0n) is 17.5. The van der Waals surface area contributed by atoms with Crippen molar-refractivity contribution in [3.05, 3.63) is 41.7 Å². The summed E-state index contributed by atoms with van der Waals surface area (Å²) in [5.41, 5.74) is 13.8. The third kappa shape index (κ3) is 6.33. The van der Waals surface area contributed by atoms with Crippen LogP contribution in [0.4, 0.5) is 17.5 Å². The summed E-state index contributed by atoms with van der Waals surface area (Å²) in [6.07, 6.45) is 3.08. The van der Waals surface area contributed by atoms with E-state index in [0.29, 0.717) is 23.4 Å². The molecular weight excluding hydrogens is 475 g/mol. The van der Waals surface area contributed by atoms with Crippen molar-refractivity contribution in [2.75, 3.05) is 23.4 Å². The molecule has 1 atom stereocenters. The van der Waals surface area contributed by atoms with Gasteiger partial charge in [0, 0.05) is 35.1 Å².